The van der Waals surface area contributed by atoms with Gasteiger partial charge in [-0.2, -0.15) is 0 Å². The average Bonchev–Trinajstić information content (AvgIpc) is 2.43. The molecule has 1 unspecified atom stereocenters. The molecule has 1 aromatic carbocycles. The van der Waals surface area contributed by atoms with E-state index < -0.39 is 0 Å². The summed E-state index contributed by atoms with van der Waals surface area (Å²) in [5.41, 5.74) is 6.97. The van der Waals surface area contributed by atoms with Crippen LogP contribution in [0.1, 0.15) is 24.8 Å². The van der Waals surface area contributed by atoms with Crippen molar-refractivity contribution in [1.29, 1.82) is 0 Å². The fourth-order valence-corrected chi connectivity index (χ4v) is 3.13. The second kappa shape index (κ2) is 6.59. The zero-order chi connectivity index (χ0) is 13.8. The highest BCUT2D eigenvalue weighted by Gasteiger charge is 2.21. The third-order valence-electron chi connectivity index (χ3n) is 3.71. The lowest BCUT2D eigenvalue weighted by molar-refractivity contribution is 0.144. The van der Waals surface area contributed by atoms with E-state index in [1.165, 1.54) is 19.3 Å². The molecule has 0 saturated carbocycles. The highest BCUT2D eigenvalue weighted by atomic mass is 79.9. The summed E-state index contributed by atoms with van der Waals surface area (Å²) >= 11 is 3.36. The molecule has 1 heterocycles. The van der Waals surface area contributed by atoms with Gasteiger partial charge in [0.05, 0.1) is 11.6 Å². The number of nitrogens with zero attached hydrogens (tertiary/aromatic N) is 1. The van der Waals surface area contributed by atoms with Crippen LogP contribution in [0.4, 0.5) is 0 Å². The number of ether oxygens (including phenoxy) is 1. The highest BCUT2D eigenvalue weighted by molar-refractivity contribution is 9.10. The number of halogens is 1. The number of hydrogen-bond acceptors (Lipinski definition) is 4. The molecule has 106 valence electrons. The Hall–Kier alpha value is -0.780. The maximum Gasteiger partial charge on any atom is 0.172 e. The number of piperidine rings is 1. The van der Waals surface area contributed by atoms with E-state index in [1.807, 2.05) is 12.1 Å². The third-order valence-corrected chi connectivity index (χ3v) is 4.32. The van der Waals surface area contributed by atoms with E-state index in [0.29, 0.717) is 22.8 Å². The number of phenols is 1. The van der Waals surface area contributed by atoms with Gasteiger partial charge >= 0.3 is 0 Å². The van der Waals surface area contributed by atoms with Crippen LogP contribution in [0.3, 0.4) is 0 Å². The molecule has 3 N–H and O–H groups in total. The van der Waals surface area contributed by atoms with Gasteiger partial charge in [0, 0.05) is 19.1 Å². The van der Waals surface area contributed by atoms with Crippen LogP contribution in [-0.2, 0) is 6.54 Å². The lowest BCUT2D eigenvalue weighted by Crippen LogP contribution is -2.43. The van der Waals surface area contributed by atoms with Crippen LogP contribution in [0.15, 0.2) is 16.6 Å². The van der Waals surface area contributed by atoms with Gasteiger partial charge in [-0.05, 0) is 53.0 Å². The normalized spacial score (nSPS) is 20.5. The molecular formula is C14H21BrN2O2. The van der Waals surface area contributed by atoms with Crippen LogP contribution in [-0.4, -0.2) is 36.2 Å². The van der Waals surface area contributed by atoms with E-state index in [1.54, 1.807) is 7.11 Å². The largest absolute Gasteiger partial charge is 0.503 e. The van der Waals surface area contributed by atoms with E-state index in [4.69, 9.17) is 10.5 Å². The minimum atomic E-state index is 0.153. The summed E-state index contributed by atoms with van der Waals surface area (Å²) in [4.78, 5) is 2.42. The van der Waals surface area contributed by atoms with Crippen LogP contribution in [0.25, 0.3) is 0 Å². The zero-order valence-electron chi connectivity index (χ0n) is 11.2. The van der Waals surface area contributed by atoms with Crippen LogP contribution in [0.2, 0.25) is 0 Å². The molecule has 0 radical (unpaired) electrons. The maximum atomic E-state index is 9.82. The van der Waals surface area contributed by atoms with Crippen LogP contribution in [0.5, 0.6) is 11.5 Å². The molecule has 0 amide bonds. The van der Waals surface area contributed by atoms with Gasteiger partial charge in [-0.1, -0.05) is 6.42 Å². The number of rotatable bonds is 4. The van der Waals surface area contributed by atoms with Gasteiger partial charge < -0.3 is 15.6 Å². The topological polar surface area (TPSA) is 58.7 Å². The Morgan fingerprint density at radius 3 is 2.95 bits per heavy atom. The average molecular weight is 329 g/mol. The van der Waals surface area contributed by atoms with Crippen molar-refractivity contribution in [2.75, 3.05) is 20.2 Å². The Kier molecular flexibility index (Phi) is 5.07. The molecular weight excluding hydrogens is 308 g/mol. The molecule has 1 aliphatic rings. The van der Waals surface area contributed by atoms with Gasteiger partial charge in [0.25, 0.3) is 0 Å². The molecule has 1 aromatic rings. The Balaban J connectivity index is 2.16. The molecule has 5 heteroatoms. The van der Waals surface area contributed by atoms with Crippen molar-refractivity contribution in [3.63, 3.8) is 0 Å². The molecule has 19 heavy (non-hydrogen) atoms. The first-order chi connectivity index (χ1) is 9.15. The standard InChI is InChI=1S/C14H21BrN2O2/c1-19-13-7-10(6-12(15)14(13)18)9-17-5-3-2-4-11(17)8-16/h6-7,11,18H,2-5,8-9,16H2,1H3. The van der Waals surface area contributed by atoms with Crippen molar-refractivity contribution in [2.45, 2.75) is 31.8 Å². The number of aromatic hydroxyl groups is 1. The number of phenolic OH excluding ortho intramolecular Hbond substituents is 1. The summed E-state index contributed by atoms with van der Waals surface area (Å²) < 4.78 is 5.86. The first-order valence-electron chi connectivity index (χ1n) is 6.65. The van der Waals surface area contributed by atoms with E-state index in [0.717, 1.165) is 18.7 Å². The van der Waals surface area contributed by atoms with E-state index >= 15 is 0 Å². The molecule has 1 atom stereocenters. The van der Waals surface area contributed by atoms with E-state index in [2.05, 4.69) is 20.8 Å². The van der Waals surface area contributed by atoms with Crippen molar-refractivity contribution in [2.24, 2.45) is 5.73 Å². The molecule has 0 aromatic heterocycles. The third kappa shape index (κ3) is 3.41. The van der Waals surface area contributed by atoms with Crippen molar-refractivity contribution in [3.05, 3.63) is 22.2 Å². The van der Waals surface area contributed by atoms with Crippen molar-refractivity contribution in [1.82, 2.24) is 4.90 Å². The molecule has 1 fully saturated rings. The zero-order valence-corrected chi connectivity index (χ0v) is 12.8. The fourth-order valence-electron chi connectivity index (χ4n) is 2.64. The minimum absolute atomic E-state index is 0.153. The number of methoxy groups -OCH3 is 1. The molecule has 4 nitrogen and oxygen atoms in total. The molecule has 2 rings (SSSR count). The number of nitrogens with two attached hydrogens (primary N) is 1. The molecule has 1 saturated heterocycles. The Bertz CT molecular complexity index is 440. The van der Waals surface area contributed by atoms with Crippen molar-refractivity contribution < 1.29 is 9.84 Å². The Morgan fingerprint density at radius 2 is 2.26 bits per heavy atom. The van der Waals surface area contributed by atoms with Gasteiger partial charge in [0.2, 0.25) is 0 Å². The summed E-state index contributed by atoms with van der Waals surface area (Å²) in [6.07, 6.45) is 3.67. The second-order valence-electron chi connectivity index (χ2n) is 4.98. The molecule has 1 aliphatic heterocycles. The highest BCUT2D eigenvalue weighted by Crippen LogP contribution is 2.35. The van der Waals surface area contributed by atoms with E-state index in [-0.39, 0.29) is 5.75 Å². The maximum absolute atomic E-state index is 9.82. The summed E-state index contributed by atoms with van der Waals surface area (Å²) in [6, 6.07) is 4.30. The molecule has 0 spiro atoms. The first kappa shape index (κ1) is 14.6. The van der Waals surface area contributed by atoms with Crippen molar-refractivity contribution in [3.8, 4) is 11.5 Å². The predicted molar refractivity (Wildman–Crippen MR) is 79.5 cm³/mol. The first-order valence-corrected chi connectivity index (χ1v) is 7.44. The predicted octanol–water partition coefficient (Wildman–Crippen LogP) is 2.48. The summed E-state index contributed by atoms with van der Waals surface area (Å²) in [6.45, 7) is 2.64. The van der Waals surface area contributed by atoms with E-state index in [9.17, 15) is 5.11 Å². The minimum Gasteiger partial charge on any atom is -0.503 e. The van der Waals surface area contributed by atoms with Crippen LogP contribution < -0.4 is 10.5 Å². The summed E-state index contributed by atoms with van der Waals surface area (Å²) in [5.74, 6) is 0.658. The number of likely N-dealkylation sites (tertiary alicyclic amines) is 1. The fraction of sp³-hybridized carbons (Fsp3) is 0.571. The monoisotopic (exact) mass is 328 g/mol. The Morgan fingerprint density at radius 1 is 1.47 bits per heavy atom. The summed E-state index contributed by atoms with van der Waals surface area (Å²) in [5, 5.41) is 9.82. The summed E-state index contributed by atoms with van der Waals surface area (Å²) in [7, 11) is 1.56. The smallest absolute Gasteiger partial charge is 0.172 e. The molecule has 0 aliphatic carbocycles. The number of benzene rings is 1. The lowest BCUT2D eigenvalue weighted by atomic mass is 10.0. The van der Waals surface area contributed by atoms with Crippen LogP contribution >= 0.6 is 15.9 Å². The quantitative estimate of drug-likeness (QED) is 0.891. The van der Waals surface area contributed by atoms with Gasteiger partial charge in [0.15, 0.2) is 11.5 Å². The Labute approximate surface area is 122 Å². The van der Waals surface area contributed by atoms with Crippen LogP contribution in [0, 0.1) is 0 Å². The van der Waals surface area contributed by atoms with Gasteiger partial charge in [-0.15, -0.1) is 0 Å². The number of hydrogen-bond donors (Lipinski definition) is 2. The SMILES string of the molecule is COc1cc(CN2CCCCC2CN)cc(Br)c1O. The molecule has 0 bridgehead atoms. The lowest BCUT2D eigenvalue weighted by Gasteiger charge is -2.35. The second-order valence-corrected chi connectivity index (χ2v) is 5.84. The van der Waals surface area contributed by atoms with Gasteiger partial charge in [0.1, 0.15) is 0 Å². The van der Waals surface area contributed by atoms with Gasteiger partial charge in [-0.25, -0.2) is 0 Å². The van der Waals surface area contributed by atoms with Crippen molar-refractivity contribution >= 4 is 15.9 Å². The van der Waals surface area contributed by atoms with Gasteiger partial charge in [-0.3, -0.25) is 4.90 Å².